The molecule has 17 heavy (non-hydrogen) atoms. The molecule has 1 aromatic heterocycles. The van der Waals surface area contributed by atoms with Gasteiger partial charge >= 0.3 is 0 Å². The van der Waals surface area contributed by atoms with Gasteiger partial charge in [-0.05, 0) is 36.5 Å². The zero-order valence-corrected chi connectivity index (χ0v) is 9.69. The molecule has 0 bridgehead atoms. The zero-order chi connectivity index (χ0) is 11.7. The van der Waals surface area contributed by atoms with Gasteiger partial charge in [-0.1, -0.05) is 12.1 Å². The van der Waals surface area contributed by atoms with E-state index in [0.29, 0.717) is 6.54 Å². The third-order valence-corrected chi connectivity index (χ3v) is 3.34. The van der Waals surface area contributed by atoms with E-state index in [0.717, 1.165) is 17.0 Å². The number of hydrogen-bond acceptors (Lipinski definition) is 3. The third-order valence-electron chi connectivity index (χ3n) is 3.34. The predicted molar refractivity (Wildman–Crippen MR) is 67.4 cm³/mol. The van der Waals surface area contributed by atoms with Crippen LogP contribution in [0.15, 0.2) is 30.6 Å². The summed E-state index contributed by atoms with van der Waals surface area (Å²) in [5, 5.41) is 0. The molecule has 0 atom stereocenters. The molecule has 0 saturated carbocycles. The van der Waals surface area contributed by atoms with Crippen molar-refractivity contribution in [3.05, 3.63) is 47.4 Å². The van der Waals surface area contributed by atoms with Crippen LogP contribution in [0, 0.1) is 0 Å². The molecule has 0 spiro atoms. The molecule has 1 aliphatic rings. The smallest absolute Gasteiger partial charge is 0.0930 e. The lowest BCUT2D eigenvalue weighted by Gasteiger charge is -2.07. The Morgan fingerprint density at radius 1 is 1.06 bits per heavy atom. The van der Waals surface area contributed by atoms with Crippen LogP contribution in [0.2, 0.25) is 0 Å². The molecule has 2 N–H and O–H groups in total. The van der Waals surface area contributed by atoms with Gasteiger partial charge < -0.3 is 5.73 Å². The van der Waals surface area contributed by atoms with E-state index in [2.05, 4.69) is 28.2 Å². The van der Waals surface area contributed by atoms with Gasteiger partial charge in [0.1, 0.15) is 0 Å². The molecule has 1 aliphatic carbocycles. The Morgan fingerprint density at radius 2 is 1.88 bits per heavy atom. The van der Waals surface area contributed by atoms with Crippen LogP contribution < -0.4 is 5.73 Å². The molecule has 3 nitrogen and oxygen atoms in total. The molecular formula is C14H15N3. The Morgan fingerprint density at radius 3 is 2.76 bits per heavy atom. The van der Waals surface area contributed by atoms with Gasteiger partial charge in [0.2, 0.25) is 0 Å². The molecule has 86 valence electrons. The van der Waals surface area contributed by atoms with E-state index in [-0.39, 0.29) is 0 Å². The van der Waals surface area contributed by atoms with E-state index in [9.17, 15) is 0 Å². The van der Waals surface area contributed by atoms with Crippen molar-refractivity contribution in [3.63, 3.8) is 0 Å². The molecule has 2 aromatic rings. The summed E-state index contributed by atoms with van der Waals surface area (Å²) in [4.78, 5) is 8.68. The Hall–Kier alpha value is -1.74. The number of hydrogen-bond donors (Lipinski definition) is 1. The van der Waals surface area contributed by atoms with Crippen molar-refractivity contribution in [1.29, 1.82) is 0 Å². The number of benzene rings is 1. The number of fused-ring (bicyclic) bond motifs is 1. The van der Waals surface area contributed by atoms with E-state index >= 15 is 0 Å². The molecule has 0 fully saturated rings. The molecule has 0 radical (unpaired) electrons. The van der Waals surface area contributed by atoms with Gasteiger partial charge in [0, 0.05) is 24.5 Å². The van der Waals surface area contributed by atoms with E-state index in [1.54, 1.807) is 12.4 Å². The largest absolute Gasteiger partial charge is 0.325 e. The van der Waals surface area contributed by atoms with E-state index in [4.69, 9.17) is 5.73 Å². The van der Waals surface area contributed by atoms with Gasteiger partial charge in [-0.2, -0.15) is 0 Å². The molecule has 3 rings (SSSR count). The lowest BCUT2D eigenvalue weighted by atomic mass is 10.0. The predicted octanol–water partition coefficient (Wildman–Crippen LogP) is 2.09. The standard InChI is InChI=1S/C14H15N3/c15-9-13-14(17-7-6-16-13)12-5-4-10-2-1-3-11(10)8-12/h4-8H,1-3,9,15H2. The van der Waals surface area contributed by atoms with Gasteiger partial charge in [-0.3, -0.25) is 9.97 Å². The minimum Gasteiger partial charge on any atom is -0.325 e. The molecular weight excluding hydrogens is 210 g/mol. The molecule has 1 heterocycles. The van der Waals surface area contributed by atoms with Gasteiger partial charge in [-0.15, -0.1) is 0 Å². The van der Waals surface area contributed by atoms with Crippen LogP contribution in [0.25, 0.3) is 11.3 Å². The second-order valence-electron chi connectivity index (χ2n) is 4.39. The van der Waals surface area contributed by atoms with Crippen molar-refractivity contribution in [2.45, 2.75) is 25.8 Å². The maximum atomic E-state index is 5.70. The van der Waals surface area contributed by atoms with Gasteiger partial charge in [-0.25, -0.2) is 0 Å². The van der Waals surface area contributed by atoms with Crippen LogP contribution in [0.4, 0.5) is 0 Å². The van der Waals surface area contributed by atoms with Gasteiger partial charge in [0.15, 0.2) is 0 Å². The molecule has 0 saturated heterocycles. The summed E-state index contributed by atoms with van der Waals surface area (Å²) in [6.07, 6.45) is 7.07. The Kier molecular flexibility index (Phi) is 2.61. The first kappa shape index (κ1) is 10.4. The minimum absolute atomic E-state index is 0.431. The van der Waals surface area contributed by atoms with Crippen molar-refractivity contribution in [2.24, 2.45) is 5.73 Å². The number of nitrogens with zero attached hydrogens (tertiary/aromatic N) is 2. The first-order chi connectivity index (χ1) is 8.38. The monoisotopic (exact) mass is 225 g/mol. The van der Waals surface area contributed by atoms with Crippen molar-refractivity contribution in [3.8, 4) is 11.3 Å². The van der Waals surface area contributed by atoms with E-state index in [1.807, 2.05) is 0 Å². The maximum absolute atomic E-state index is 5.70. The molecule has 1 aromatic carbocycles. The molecule has 0 amide bonds. The van der Waals surface area contributed by atoms with E-state index < -0.39 is 0 Å². The Bertz CT molecular complexity index is 549. The first-order valence-corrected chi connectivity index (χ1v) is 6.00. The summed E-state index contributed by atoms with van der Waals surface area (Å²) < 4.78 is 0. The Balaban J connectivity index is 2.09. The fourth-order valence-corrected chi connectivity index (χ4v) is 2.48. The zero-order valence-electron chi connectivity index (χ0n) is 9.69. The second kappa shape index (κ2) is 4.26. The second-order valence-corrected chi connectivity index (χ2v) is 4.39. The van der Waals surface area contributed by atoms with Gasteiger partial charge in [0.25, 0.3) is 0 Å². The maximum Gasteiger partial charge on any atom is 0.0930 e. The summed E-state index contributed by atoms with van der Waals surface area (Å²) in [7, 11) is 0. The number of aryl methyl sites for hydroxylation is 2. The summed E-state index contributed by atoms with van der Waals surface area (Å²) in [5.74, 6) is 0. The van der Waals surface area contributed by atoms with Crippen molar-refractivity contribution < 1.29 is 0 Å². The van der Waals surface area contributed by atoms with Gasteiger partial charge in [0.05, 0.1) is 11.4 Å². The van der Waals surface area contributed by atoms with Crippen molar-refractivity contribution in [1.82, 2.24) is 9.97 Å². The quantitative estimate of drug-likeness (QED) is 0.851. The highest BCUT2D eigenvalue weighted by atomic mass is 14.8. The van der Waals surface area contributed by atoms with Crippen LogP contribution in [0.1, 0.15) is 23.2 Å². The minimum atomic E-state index is 0.431. The Labute approximate surface area is 101 Å². The summed E-state index contributed by atoms with van der Waals surface area (Å²) in [5.41, 5.74) is 11.6. The van der Waals surface area contributed by atoms with Crippen LogP contribution in [-0.2, 0) is 19.4 Å². The highest BCUT2D eigenvalue weighted by molar-refractivity contribution is 5.63. The highest BCUT2D eigenvalue weighted by Crippen LogP contribution is 2.27. The fraction of sp³-hybridized carbons (Fsp3) is 0.286. The van der Waals surface area contributed by atoms with Crippen LogP contribution in [0.3, 0.4) is 0 Å². The van der Waals surface area contributed by atoms with Crippen molar-refractivity contribution in [2.75, 3.05) is 0 Å². The number of rotatable bonds is 2. The average Bonchev–Trinajstić information content (AvgIpc) is 2.85. The highest BCUT2D eigenvalue weighted by Gasteiger charge is 2.13. The summed E-state index contributed by atoms with van der Waals surface area (Å²) >= 11 is 0. The number of aromatic nitrogens is 2. The van der Waals surface area contributed by atoms with Crippen LogP contribution in [0.5, 0.6) is 0 Å². The lowest BCUT2D eigenvalue weighted by molar-refractivity contribution is 0.911. The molecule has 0 aliphatic heterocycles. The number of nitrogens with two attached hydrogens (primary N) is 1. The topological polar surface area (TPSA) is 51.8 Å². The average molecular weight is 225 g/mol. The lowest BCUT2D eigenvalue weighted by Crippen LogP contribution is -2.03. The fourth-order valence-electron chi connectivity index (χ4n) is 2.48. The summed E-state index contributed by atoms with van der Waals surface area (Å²) in [6.45, 7) is 0.431. The third kappa shape index (κ3) is 1.83. The SMILES string of the molecule is NCc1nccnc1-c1ccc2c(c1)CCC2. The van der Waals surface area contributed by atoms with Crippen molar-refractivity contribution >= 4 is 0 Å². The molecule has 0 unspecified atom stereocenters. The van der Waals surface area contributed by atoms with Crippen LogP contribution >= 0.6 is 0 Å². The van der Waals surface area contributed by atoms with Crippen LogP contribution in [-0.4, -0.2) is 9.97 Å². The summed E-state index contributed by atoms with van der Waals surface area (Å²) in [6, 6.07) is 6.59. The molecule has 3 heteroatoms. The van der Waals surface area contributed by atoms with E-state index in [1.165, 1.54) is 30.4 Å². The first-order valence-electron chi connectivity index (χ1n) is 6.00. The normalized spacial score (nSPS) is 13.7.